The number of rotatable bonds is 8. The molecule has 0 radical (unpaired) electrons. The van der Waals surface area contributed by atoms with Gasteiger partial charge >= 0.3 is 0 Å². The topological polar surface area (TPSA) is 98.8 Å². The number of thioether (sulfide) groups is 2. The van der Waals surface area contributed by atoms with E-state index in [9.17, 15) is 19.2 Å². The number of ketones is 2. The van der Waals surface area contributed by atoms with Crippen molar-refractivity contribution in [2.24, 2.45) is 11.8 Å². The summed E-state index contributed by atoms with van der Waals surface area (Å²) in [6.07, 6.45) is 2.69. The third kappa shape index (κ3) is 6.92. The Balaban J connectivity index is 0.000000206. The molecule has 1 unspecified atom stereocenters. The number of carbonyl (C=O) groups excluding carboxylic acids is 4. The molecule has 0 aromatic heterocycles. The van der Waals surface area contributed by atoms with Gasteiger partial charge in [-0.3, -0.25) is 19.2 Å². The van der Waals surface area contributed by atoms with Gasteiger partial charge in [-0.25, -0.2) is 0 Å². The second kappa shape index (κ2) is 12.8. The van der Waals surface area contributed by atoms with Gasteiger partial charge in [-0.15, -0.1) is 23.5 Å². The Hall–Kier alpha value is -1.10. The highest BCUT2D eigenvalue weighted by molar-refractivity contribution is 8.00. The van der Waals surface area contributed by atoms with E-state index in [4.69, 9.17) is 0 Å². The minimum absolute atomic E-state index is 0.000687. The predicted molar refractivity (Wildman–Crippen MR) is 151 cm³/mol. The molecule has 2 amide bonds. The Labute approximate surface area is 231 Å². The highest BCUT2D eigenvalue weighted by Crippen LogP contribution is 2.39. The Morgan fingerprint density at radius 3 is 1.62 bits per heavy atom. The van der Waals surface area contributed by atoms with E-state index in [0.717, 1.165) is 30.8 Å². The molecule has 0 saturated carbocycles. The van der Waals surface area contributed by atoms with Crippen LogP contribution in [-0.4, -0.2) is 91.7 Å². The van der Waals surface area contributed by atoms with Gasteiger partial charge in [-0.2, -0.15) is 0 Å². The summed E-state index contributed by atoms with van der Waals surface area (Å²) >= 11 is 3.51. The van der Waals surface area contributed by atoms with E-state index in [1.165, 1.54) is 0 Å². The van der Waals surface area contributed by atoms with Crippen LogP contribution >= 0.6 is 23.5 Å². The van der Waals surface area contributed by atoms with Crippen LogP contribution in [0.2, 0.25) is 0 Å². The second-order valence-electron chi connectivity index (χ2n) is 11.8. The lowest BCUT2D eigenvalue weighted by molar-refractivity contribution is -0.144. The summed E-state index contributed by atoms with van der Waals surface area (Å²) in [5, 5.41) is 7.02. The maximum atomic E-state index is 12.6. The molecule has 2 N–H and O–H groups in total. The summed E-state index contributed by atoms with van der Waals surface area (Å²) in [5.74, 6) is 2.16. The van der Waals surface area contributed by atoms with E-state index >= 15 is 0 Å². The molecule has 6 atom stereocenters. The summed E-state index contributed by atoms with van der Waals surface area (Å²) in [7, 11) is 0. The highest BCUT2D eigenvalue weighted by atomic mass is 32.2. The molecular formula is C27H46N4O4S2. The number of piperidine rings is 1. The zero-order valence-electron chi connectivity index (χ0n) is 23.7. The van der Waals surface area contributed by atoms with Crippen molar-refractivity contribution in [2.75, 3.05) is 11.5 Å². The fourth-order valence-corrected chi connectivity index (χ4v) is 8.44. The lowest BCUT2D eigenvalue weighted by Crippen LogP contribution is -2.58. The van der Waals surface area contributed by atoms with Crippen molar-refractivity contribution in [2.45, 2.75) is 122 Å². The zero-order valence-corrected chi connectivity index (χ0v) is 25.3. The van der Waals surface area contributed by atoms with Crippen LogP contribution in [0.1, 0.15) is 74.7 Å². The van der Waals surface area contributed by atoms with Crippen LogP contribution in [0.15, 0.2) is 0 Å². The van der Waals surface area contributed by atoms with Gasteiger partial charge in [0, 0.05) is 41.8 Å². The van der Waals surface area contributed by atoms with Gasteiger partial charge in [0.25, 0.3) is 0 Å². The van der Waals surface area contributed by atoms with Crippen molar-refractivity contribution >= 4 is 46.9 Å². The fourth-order valence-electron chi connectivity index (χ4n) is 5.52. The van der Waals surface area contributed by atoms with Crippen LogP contribution < -0.4 is 10.6 Å². The summed E-state index contributed by atoms with van der Waals surface area (Å²) in [4.78, 5) is 53.0. The molecule has 0 aliphatic carbocycles. The van der Waals surface area contributed by atoms with Gasteiger partial charge in [0.2, 0.25) is 11.8 Å². The van der Waals surface area contributed by atoms with Crippen molar-refractivity contribution in [3.8, 4) is 0 Å². The molecule has 37 heavy (non-hydrogen) atoms. The largest absolute Gasteiger partial charge is 0.318 e. The molecule has 4 saturated heterocycles. The molecule has 4 fully saturated rings. The molecule has 0 aromatic rings. The lowest BCUT2D eigenvalue weighted by Gasteiger charge is -2.38. The highest BCUT2D eigenvalue weighted by Gasteiger charge is 2.50. The van der Waals surface area contributed by atoms with E-state index in [1.54, 1.807) is 23.5 Å². The summed E-state index contributed by atoms with van der Waals surface area (Å²) in [6.45, 7) is 15.8. The Kier molecular flexibility index (Phi) is 10.6. The first-order chi connectivity index (χ1) is 17.3. The number of nitrogens with zero attached hydrogens (tertiary/aromatic N) is 2. The minimum atomic E-state index is -0.209. The van der Waals surface area contributed by atoms with Crippen LogP contribution in [0, 0.1) is 11.8 Å². The maximum absolute atomic E-state index is 12.6. The minimum Gasteiger partial charge on any atom is -0.318 e. The monoisotopic (exact) mass is 554 g/mol. The first kappa shape index (κ1) is 30.4. The smallest absolute Gasteiger partial charge is 0.241 e. The first-order valence-corrected chi connectivity index (χ1v) is 15.9. The molecule has 8 nitrogen and oxygen atoms in total. The molecule has 4 rings (SSSR count). The van der Waals surface area contributed by atoms with Gasteiger partial charge in [0.05, 0.1) is 22.8 Å². The summed E-state index contributed by atoms with van der Waals surface area (Å²) in [6, 6.07) is -0.0448. The summed E-state index contributed by atoms with van der Waals surface area (Å²) < 4.78 is 0. The van der Waals surface area contributed by atoms with Crippen molar-refractivity contribution in [1.82, 2.24) is 20.4 Å². The predicted octanol–water partition coefficient (Wildman–Crippen LogP) is 2.89. The van der Waals surface area contributed by atoms with Crippen LogP contribution in [0.3, 0.4) is 0 Å². The number of hydrogen-bond donors (Lipinski definition) is 2. The molecule has 0 bridgehead atoms. The van der Waals surface area contributed by atoms with E-state index in [2.05, 4.69) is 24.5 Å². The van der Waals surface area contributed by atoms with Crippen molar-refractivity contribution in [3.05, 3.63) is 0 Å². The van der Waals surface area contributed by atoms with Crippen molar-refractivity contribution < 1.29 is 19.2 Å². The molecule has 0 spiro atoms. The third-order valence-corrected chi connectivity index (χ3v) is 9.96. The standard InChI is InChI=1S/C14H24N2O2S.C13H22N2O2S/c1-8(2)13(17)11-7-19-12-6-5-10(15-9(3)4)14(18)16(11)12;1-7(2)12(16)10-6-18-11-5-9(14-8(3)4)13(17)15(10)11/h8-12,15H,5-7H2,1-4H3;7-11,14H,5-6H2,1-4H3/t10-,11-,12-;9-,10-,11?/m11/s1. The first-order valence-electron chi connectivity index (χ1n) is 13.8. The Morgan fingerprint density at radius 2 is 1.14 bits per heavy atom. The number of nitrogens with one attached hydrogen (secondary N) is 2. The number of carbonyl (C=O) groups is 4. The average molecular weight is 555 g/mol. The second-order valence-corrected chi connectivity index (χ2v) is 14.2. The van der Waals surface area contributed by atoms with E-state index in [-0.39, 0.29) is 70.1 Å². The van der Waals surface area contributed by atoms with Crippen LogP contribution in [0.5, 0.6) is 0 Å². The Bertz CT molecular complexity index is 865. The summed E-state index contributed by atoms with van der Waals surface area (Å²) in [5.41, 5.74) is 0. The van der Waals surface area contributed by atoms with Gasteiger partial charge in [-0.1, -0.05) is 55.4 Å². The van der Waals surface area contributed by atoms with E-state index < -0.39 is 0 Å². The average Bonchev–Trinajstić information content (AvgIpc) is 3.50. The molecule has 4 aliphatic rings. The molecule has 4 aliphatic heterocycles. The fraction of sp³-hybridized carbons (Fsp3) is 0.852. The van der Waals surface area contributed by atoms with Crippen molar-refractivity contribution in [1.29, 1.82) is 0 Å². The number of fused-ring (bicyclic) bond motifs is 2. The van der Waals surface area contributed by atoms with Gasteiger partial charge in [0.15, 0.2) is 11.6 Å². The van der Waals surface area contributed by atoms with E-state index in [0.29, 0.717) is 12.1 Å². The normalized spacial score (nSPS) is 31.4. The van der Waals surface area contributed by atoms with Crippen molar-refractivity contribution in [3.63, 3.8) is 0 Å². The Morgan fingerprint density at radius 1 is 0.703 bits per heavy atom. The number of amides is 2. The van der Waals surface area contributed by atoms with Crippen LogP contribution in [-0.2, 0) is 19.2 Å². The van der Waals surface area contributed by atoms with Gasteiger partial charge in [-0.05, 0) is 12.8 Å². The van der Waals surface area contributed by atoms with Gasteiger partial charge in [0.1, 0.15) is 12.1 Å². The SMILES string of the molecule is CC(C)N[C@@H]1CC2SC[C@H](C(=O)C(C)C)N2C1=O.CC(C)N[C@@H]1CC[C@H]2SC[C@H](C(=O)C(C)C)N2C1=O. The third-order valence-electron chi connectivity index (χ3n) is 7.29. The van der Waals surface area contributed by atoms with Gasteiger partial charge < -0.3 is 20.4 Å². The number of hydrogen-bond acceptors (Lipinski definition) is 8. The number of Topliss-reactive ketones (excluding diaryl/α,β-unsaturated/α-hetero) is 2. The molecular weight excluding hydrogens is 508 g/mol. The maximum Gasteiger partial charge on any atom is 0.241 e. The zero-order chi connectivity index (χ0) is 27.6. The molecule has 0 aromatic carbocycles. The molecule has 210 valence electrons. The van der Waals surface area contributed by atoms with E-state index in [1.807, 2.05) is 51.3 Å². The molecule has 4 heterocycles. The van der Waals surface area contributed by atoms with Crippen LogP contribution in [0.4, 0.5) is 0 Å². The lowest BCUT2D eigenvalue weighted by atomic mass is 9.97. The van der Waals surface area contributed by atoms with Crippen LogP contribution in [0.25, 0.3) is 0 Å². The molecule has 10 heteroatoms. The quantitative estimate of drug-likeness (QED) is 0.473.